The first-order valence-corrected chi connectivity index (χ1v) is 9.20. The fraction of sp³-hybridized carbons (Fsp3) is 0.350. The number of anilines is 1. The predicted molar refractivity (Wildman–Crippen MR) is 102 cm³/mol. The number of benzene rings is 1. The van der Waals surface area contributed by atoms with E-state index in [1.54, 1.807) is 18.3 Å². The predicted octanol–water partition coefficient (Wildman–Crippen LogP) is 1.07. The second-order valence-electron chi connectivity index (χ2n) is 6.82. The zero-order valence-corrected chi connectivity index (χ0v) is 15.0. The molecule has 0 bridgehead atoms. The summed E-state index contributed by atoms with van der Waals surface area (Å²) in [6.45, 7) is 3.26. The van der Waals surface area contributed by atoms with Gasteiger partial charge in [0.1, 0.15) is 11.9 Å². The molecule has 2 atom stereocenters. The molecule has 4 rings (SSSR count). The summed E-state index contributed by atoms with van der Waals surface area (Å²) >= 11 is 0. The van der Waals surface area contributed by atoms with Crippen LogP contribution in [0.15, 0.2) is 48.7 Å². The van der Waals surface area contributed by atoms with E-state index in [1.165, 1.54) is 0 Å². The highest BCUT2D eigenvalue weighted by atomic mass is 16.2. The third-order valence-electron chi connectivity index (χ3n) is 5.26. The van der Waals surface area contributed by atoms with Crippen LogP contribution < -0.4 is 15.8 Å². The number of hydrazine groups is 1. The van der Waals surface area contributed by atoms with Gasteiger partial charge in [0.15, 0.2) is 0 Å². The molecule has 0 radical (unpaired) electrons. The number of carbonyl (C=O) groups excluding carboxylic acids is 1. The minimum atomic E-state index is -0.122. The summed E-state index contributed by atoms with van der Waals surface area (Å²) in [7, 11) is 0. The van der Waals surface area contributed by atoms with Crippen molar-refractivity contribution in [2.45, 2.75) is 6.04 Å². The lowest BCUT2D eigenvalue weighted by Gasteiger charge is -2.37. The van der Waals surface area contributed by atoms with Crippen LogP contribution in [-0.2, 0) is 4.79 Å². The average molecular weight is 362 g/mol. The van der Waals surface area contributed by atoms with Crippen LogP contribution in [0.5, 0.6) is 0 Å². The molecule has 27 heavy (non-hydrogen) atoms. The van der Waals surface area contributed by atoms with Crippen LogP contribution >= 0.6 is 0 Å². The smallest absolute Gasteiger partial charge is 0.229 e. The second kappa shape index (κ2) is 7.74. The normalized spacial score (nSPS) is 22.5. The molecule has 7 nitrogen and oxygen atoms in total. The van der Waals surface area contributed by atoms with Gasteiger partial charge in [0.25, 0.3) is 0 Å². The highest BCUT2D eigenvalue weighted by molar-refractivity contribution is 5.80. The topological polar surface area (TPSA) is 84.3 Å². The van der Waals surface area contributed by atoms with Crippen molar-refractivity contribution >= 4 is 11.7 Å². The number of amides is 1. The lowest BCUT2D eigenvalue weighted by molar-refractivity contribution is -0.135. The molecule has 2 aliphatic rings. The maximum Gasteiger partial charge on any atom is 0.229 e. The Labute approximate surface area is 158 Å². The summed E-state index contributed by atoms with van der Waals surface area (Å²) < 4.78 is 0. The molecule has 138 valence electrons. The highest BCUT2D eigenvalue weighted by Crippen LogP contribution is 2.27. The number of hydrogen-bond acceptors (Lipinski definition) is 6. The maximum atomic E-state index is 13.1. The third-order valence-corrected chi connectivity index (χ3v) is 5.26. The molecule has 2 unspecified atom stereocenters. The Kier molecular flexibility index (Phi) is 5.01. The molecular weight excluding hydrogens is 340 g/mol. The Hall–Kier alpha value is -2.95. The molecule has 0 saturated carbocycles. The first kappa shape index (κ1) is 17.5. The van der Waals surface area contributed by atoms with Crippen molar-refractivity contribution in [3.8, 4) is 6.07 Å². The molecule has 2 aliphatic heterocycles. The summed E-state index contributed by atoms with van der Waals surface area (Å²) in [6.07, 6.45) is 1.70. The van der Waals surface area contributed by atoms with Gasteiger partial charge in [0.2, 0.25) is 5.91 Å². The van der Waals surface area contributed by atoms with Crippen molar-refractivity contribution < 1.29 is 4.79 Å². The molecule has 7 heteroatoms. The monoisotopic (exact) mass is 362 g/mol. The van der Waals surface area contributed by atoms with Gasteiger partial charge in [-0.3, -0.25) is 10.2 Å². The van der Waals surface area contributed by atoms with Gasteiger partial charge >= 0.3 is 0 Å². The first-order chi connectivity index (χ1) is 13.3. The SMILES string of the molecule is N#Cc1cccnc1N1CCN(C(=O)C2CNNC2c2ccccc2)CC1. The van der Waals surface area contributed by atoms with Gasteiger partial charge in [-0.05, 0) is 17.7 Å². The summed E-state index contributed by atoms with van der Waals surface area (Å²) in [5, 5.41) is 9.28. The van der Waals surface area contributed by atoms with E-state index in [0.29, 0.717) is 44.1 Å². The van der Waals surface area contributed by atoms with Gasteiger partial charge in [-0.2, -0.15) is 5.26 Å². The number of nitrogens with one attached hydrogen (secondary N) is 2. The van der Waals surface area contributed by atoms with E-state index in [4.69, 9.17) is 0 Å². The third kappa shape index (κ3) is 3.50. The zero-order valence-electron chi connectivity index (χ0n) is 15.0. The van der Waals surface area contributed by atoms with Crippen molar-refractivity contribution in [1.82, 2.24) is 20.7 Å². The highest BCUT2D eigenvalue weighted by Gasteiger charge is 2.37. The van der Waals surface area contributed by atoms with E-state index in [-0.39, 0.29) is 17.9 Å². The van der Waals surface area contributed by atoms with Crippen LogP contribution in [-0.4, -0.2) is 48.5 Å². The minimum Gasteiger partial charge on any atom is -0.352 e. The van der Waals surface area contributed by atoms with Crippen LogP contribution in [0.4, 0.5) is 5.82 Å². The van der Waals surface area contributed by atoms with Gasteiger partial charge in [0.05, 0.1) is 17.5 Å². The molecule has 2 fully saturated rings. The molecule has 2 saturated heterocycles. The molecule has 1 aromatic carbocycles. The number of pyridine rings is 1. The van der Waals surface area contributed by atoms with Crippen molar-refractivity contribution in [3.63, 3.8) is 0 Å². The van der Waals surface area contributed by atoms with E-state index in [0.717, 1.165) is 5.56 Å². The molecular formula is C20H22N6O. The lowest BCUT2D eigenvalue weighted by Crippen LogP contribution is -2.51. The van der Waals surface area contributed by atoms with Gasteiger partial charge < -0.3 is 9.80 Å². The van der Waals surface area contributed by atoms with Crippen LogP contribution in [0.2, 0.25) is 0 Å². The van der Waals surface area contributed by atoms with Crippen LogP contribution in [0.3, 0.4) is 0 Å². The quantitative estimate of drug-likeness (QED) is 0.850. The number of hydrogen-bond donors (Lipinski definition) is 2. The van der Waals surface area contributed by atoms with Crippen molar-refractivity contribution in [3.05, 3.63) is 59.8 Å². The Morgan fingerprint density at radius 2 is 1.89 bits per heavy atom. The fourth-order valence-electron chi connectivity index (χ4n) is 3.81. The van der Waals surface area contributed by atoms with Crippen LogP contribution in [0, 0.1) is 17.2 Å². The summed E-state index contributed by atoms with van der Waals surface area (Å²) in [6, 6.07) is 15.8. The van der Waals surface area contributed by atoms with E-state index in [9.17, 15) is 10.1 Å². The molecule has 1 amide bonds. The van der Waals surface area contributed by atoms with E-state index in [1.807, 2.05) is 35.2 Å². The van der Waals surface area contributed by atoms with Crippen molar-refractivity contribution in [2.24, 2.45) is 5.92 Å². The van der Waals surface area contributed by atoms with Gasteiger partial charge in [-0.1, -0.05) is 30.3 Å². The average Bonchev–Trinajstić information content (AvgIpc) is 3.24. The van der Waals surface area contributed by atoms with Crippen LogP contribution in [0.25, 0.3) is 0 Å². The minimum absolute atomic E-state index is 0.0160. The van der Waals surface area contributed by atoms with Crippen molar-refractivity contribution in [2.75, 3.05) is 37.6 Å². The molecule has 2 aromatic rings. The number of piperazine rings is 1. The summed E-state index contributed by atoms with van der Waals surface area (Å²) in [4.78, 5) is 21.5. The molecule has 1 aromatic heterocycles. The van der Waals surface area contributed by atoms with Gasteiger partial charge in [-0.25, -0.2) is 10.4 Å². The number of nitrogens with zero attached hydrogens (tertiary/aromatic N) is 4. The van der Waals surface area contributed by atoms with Gasteiger partial charge in [0, 0.05) is 38.9 Å². The Morgan fingerprint density at radius 3 is 2.63 bits per heavy atom. The second-order valence-corrected chi connectivity index (χ2v) is 6.82. The Morgan fingerprint density at radius 1 is 1.11 bits per heavy atom. The molecule has 3 heterocycles. The molecule has 0 spiro atoms. The van der Waals surface area contributed by atoms with E-state index < -0.39 is 0 Å². The van der Waals surface area contributed by atoms with E-state index >= 15 is 0 Å². The van der Waals surface area contributed by atoms with Crippen LogP contribution in [0.1, 0.15) is 17.2 Å². The number of carbonyl (C=O) groups is 1. The Balaban J connectivity index is 1.42. The summed E-state index contributed by atoms with van der Waals surface area (Å²) in [5.74, 6) is 0.754. The maximum absolute atomic E-state index is 13.1. The first-order valence-electron chi connectivity index (χ1n) is 9.20. The standard InChI is InChI=1S/C20H22N6O/c21-13-16-7-4-8-22-19(16)25-9-11-26(12-10-25)20(27)17-14-23-24-18(17)15-5-2-1-3-6-15/h1-8,17-18,23-24H,9-12,14H2. The van der Waals surface area contributed by atoms with Gasteiger partial charge in [-0.15, -0.1) is 0 Å². The molecule has 2 N–H and O–H groups in total. The van der Waals surface area contributed by atoms with E-state index in [2.05, 4.69) is 26.8 Å². The Bertz CT molecular complexity index is 841. The summed E-state index contributed by atoms with van der Waals surface area (Å²) in [5.41, 5.74) is 8.07. The largest absolute Gasteiger partial charge is 0.352 e. The number of aromatic nitrogens is 1. The van der Waals surface area contributed by atoms with Crippen molar-refractivity contribution in [1.29, 1.82) is 5.26 Å². The lowest BCUT2D eigenvalue weighted by atomic mass is 9.93. The fourth-order valence-corrected chi connectivity index (χ4v) is 3.81. The zero-order chi connectivity index (χ0) is 18.6. The number of nitriles is 1. The molecule has 0 aliphatic carbocycles. The number of rotatable bonds is 3.